The summed E-state index contributed by atoms with van der Waals surface area (Å²) in [5.74, 6) is 0.345. The second kappa shape index (κ2) is 6.02. The zero-order valence-electron chi connectivity index (χ0n) is 10.6. The van der Waals surface area contributed by atoms with Crippen molar-refractivity contribution in [1.29, 1.82) is 0 Å². The van der Waals surface area contributed by atoms with Gasteiger partial charge >= 0.3 is 5.97 Å². The summed E-state index contributed by atoms with van der Waals surface area (Å²) < 4.78 is 10.6. The highest BCUT2D eigenvalue weighted by molar-refractivity contribution is 5.84. The van der Waals surface area contributed by atoms with E-state index in [9.17, 15) is 4.79 Å². The lowest BCUT2D eigenvalue weighted by molar-refractivity contribution is 0.0538. The summed E-state index contributed by atoms with van der Waals surface area (Å²) in [6, 6.07) is 3.23. The number of ether oxygens (including phenoxy) is 1. The molecule has 1 aromatic rings. The predicted molar refractivity (Wildman–Crippen MR) is 65.5 cm³/mol. The molecule has 5 nitrogen and oxygen atoms in total. The molecule has 0 radical (unpaired) electrons. The van der Waals surface area contributed by atoms with Gasteiger partial charge in [-0.1, -0.05) is 0 Å². The Hall–Kier alpha value is -1.33. The first-order chi connectivity index (χ1) is 8.65. The van der Waals surface area contributed by atoms with Crippen molar-refractivity contribution >= 4 is 5.97 Å². The van der Waals surface area contributed by atoms with E-state index in [1.165, 1.54) is 6.07 Å². The van der Waals surface area contributed by atoms with Crippen LogP contribution in [-0.4, -0.2) is 42.8 Å². The van der Waals surface area contributed by atoms with Gasteiger partial charge in [0.05, 0.1) is 6.54 Å². The molecule has 0 aliphatic carbocycles. The minimum atomic E-state index is -1.02. The van der Waals surface area contributed by atoms with Crippen molar-refractivity contribution in [1.82, 2.24) is 4.90 Å². The predicted octanol–water partition coefficient (Wildman–Crippen LogP) is 1.84. The minimum absolute atomic E-state index is 0.00414. The maximum Gasteiger partial charge on any atom is 0.371 e. The Labute approximate surface area is 106 Å². The van der Waals surface area contributed by atoms with Crippen molar-refractivity contribution in [2.45, 2.75) is 19.4 Å². The molecule has 0 bridgehead atoms. The standard InChI is InChI=1S/C13H19NO4/c1-14(8-10-4-6-17-7-5-10)9-11-2-3-12(18-11)13(15)16/h2-3,10H,4-9H2,1H3,(H,15,16). The molecule has 1 saturated heterocycles. The number of rotatable bonds is 5. The van der Waals surface area contributed by atoms with Crippen LogP contribution in [0.4, 0.5) is 0 Å². The zero-order chi connectivity index (χ0) is 13.0. The Balaban J connectivity index is 1.82. The molecule has 0 atom stereocenters. The maximum atomic E-state index is 10.7. The van der Waals surface area contributed by atoms with Crippen molar-refractivity contribution in [3.63, 3.8) is 0 Å². The van der Waals surface area contributed by atoms with Crippen LogP contribution in [-0.2, 0) is 11.3 Å². The van der Waals surface area contributed by atoms with E-state index in [-0.39, 0.29) is 5.76 Å². The summed E-state index contributed by atoms with van der Waals surface area (Å²) in [7, 11) is 2.03. The van der Waals surface area contributed by atoms with Crippen molar-refractivity contribution in [2.24, 2.45) is 5.92 Å². The van der Waals surface area contributed by atoms with Crippen LogP contribution in [0.25, 0.3) is 0 Å². The number of hydrogen-bond acceptors (Lipinski definition) is 4. The van der Waals surface area contributed by atoms with Crippen LogP contribution in [0.5, 0.6) is 0 Å². The van der Waals surface area contributed by atoms with Crippen LogP contribution in [0, 0.1) is 5.92 Å². The molecule has 0 spiro atoms. The average Bonchev–Trinajstić information content (AvgIpc) is 2.78. The fourth-order valence-electron chi connectivity index (χ4n) is 2.28. The lowest BCUT2D eigenvalue weighted by Crippen LogP contribution is -2.29. The van der Waals surface area contributed by atoms with Crippen LogP contribution >= 0.6 is 0 Å². The van der Waals surface area contributed by atoms with Crippen LogP contribution in [0.1, 0.15) is 29.2 Å². The molecule has 1 N–H and O–H groups in total. The smallest absolute Gasteiger partial charge is 0.371 e. The minimum Gasteiger partial charge on any atom is -0.475 e. The molecule has 100 valence electrons. The summed E-state index contributed by atoms with van der Waals surface area (Å²) >= 11 is 0. The lowest BCUT2D eigenvalue weighted by atomic mass is 10.00. The third-order valence-corrected chi connectivity index (χ3v) is 3.21. The summed E-state index contributed by atoms with van der Waals surface area (Å²) in [5.41, 5.74) is 0. The molecule has 18 heavy (non-hydrogen) atoms. The van der Waals surface area contributed by atoms with Gasteiger partial charge in [-0.3, -0.25) is 4.90 Å². The molecule has 0 amide bonds. The van der Waals surface area contributed by atoms with E-state index in [0.717, 1.165) is 32.6 Å². The van der Waals surface area contributed by atoms with E-state index >= 15 is 0 Å². The lowest BCUT2D eigenvalue weighted by Gasteiger charge is -2.26. The van der Waals surface area contributed by atoms with E-state index in [1.807, 2.05) is 7.05 Å². The third kappa shape index (κ3) is 3.58. The van der Waals surface area contributed by atoms with Crippen molar-refractivity contribution in [3.8, 4) is 0 Å². The van der Waals surface area contributed by atoms with Gasteiger partial charge < -0.3 is 14.3 Å². The molecule has 2 heterocycles. The van der Waals surface area contributed by atoms with Gasteiger partial charge in [-0.25, -0.2) is 4.79 Å². The van der Waals surface area contributed by atoms with Crippen molar-refractivity contribution in [2.75, 3.05) is 26.8 Å². The normalized spacial score (nSPS) is 17.2. The second-order valence-corrected chi connectivity index (χ2v) is 4.82. The first kappa shape index (κ1) is 13.1. The first-order valence-electron chi connectivity index (χ1n) is 6.23. The molecule has 0 aromatic carbocycles. The highest BCUT2D eigenvalue weighted by atomic mass is 16.5. The Bertz CT molecular complexity index is 395. The number of carboxylic acids is 1. The van der Waals surface area contributed by atoms with E-state index in [4.69, 9.17) is 14.3 Å². The highest BCUT2D eigenvalue weighted by Crippen LogP contribution is 2.17. The van der Waals surface area contributed by atoms with E-state index in [1.54, 1.807) is 6.07 Å². The summed E-state index contributed by atoms with van der Waals surface area (Å²) in [4.78, 5) is 12.9. The Morgan fingerprint density at radius 1 is 1.44 bits per heavy atom. The van der Waals surface area contributed by atoms with Crippen molar-refractivity contribution < 1.29 is 19.1 Å². The molecule has 1 aromatic heterocycles. The van der Waals surface area contributed by atoms with E-state index in [0.29, 0.717) is 18.2 Å². The molecule has 2 rings (SSSR count). The van der Waals surface area contributed by atoms with Gasteiger partial charge in [0.25, 0.3) is 0 Å². The van der Waals surface area contributed by atoms with Crippen LogP contribution in [0.3, 0.4) is 0 Å². The number of furan rings is 1. The Kier molecular flexibility index (Phi) is 4.38. The van der Waals surface area contributed by atoms with E-state index < -0.39 is 5.97 Å². The number of aromatic carboxylic acids is 1. The molecule has 5 heteroatoms. The first-order valence-corrected chi connectivity index (χ1v) is 6.23. The highest BCUT2D eigenvalue weighted by Gasteiger charge is 2.17. The number of carboxylic acid groups (broad SMARTS) is 1. The van der Waals surface area contributed by atoms with Gasteiger partial charge in [-0.2, -0.15) is 0 Å². The van der Waals surface area contributed by atoms with Gasteiger partial charge in [0.2, 0.25) is 5.76 Å². The Morgan fingerprint density at radius 3 is 2.78 bits per heavy atom. The maximum absolute atomic E-state index is 10.7. The van der Waals surface area contributed by atoms with Gasteiger partial charge in [0.1, 0.15) is 5.76 Å². The van der Waals surface area contributed by atoms with Crippen LogP contribution in [0.2, 0.25) is 0 Å². The molecule has 0 unspecified atom stereocenters. The molecular weight excluding hydrogens is 234 g/mol. The quantitative estimate of drug-likeness (QED) is 0.867. The van der Waals surface area contributed by atoms with Gasteiger partial charge in [0, 0.05) is 19.8 Å². The average molecular weight is 253 g/mol. The fraction of sp³-hybridized carbons (Fsp3) is 0.615. The van der Waals surface area contributed by atoms with Crippen molar-refractivity contribution in [3.05, 3.63) is 23.7 Å². The van der Waals surface area contributed by atoms with Gasteiger partial charge in [-0.05, 0) is 37.9 Å². The largest absolute Gasteiger partial charge is 0.475 e. The van der Waals surface area contributed by atoms with Crippen LogP contribution < -0.4 is 0 Å². The molecule has 0 saturated carbocycles. The topological polar surface area (TPSA) is 62.9 Å². The monoisotopic (exact) mass is 253 g/mol. The van der Waals surface area contributed by atoms with Gasteiger partial charge in [0.15, 0.2) is 0 Å². The summed E-state index contributed by atoms with van der Waals surface area (Å²) in [5, 5.41) is 8.77. The number of carbonyl (C=O) groups is 1. The zero-order valence-corrected chi connectivity index (χ0v) is 10.6. The SMILES string of the molecule is CN(Cc1ccc(C(=O)O)o1)CC1CCOCC1. The fourth-order valence-corrected chi connectivity index (χ4v) is 2.28. The second-order valence-electron chi connectivity index (χ2n) is 4.82. The molecular formula is C13H19NO4. The van der Waals surface area contributed by atoms with Crippen LogP contribution in [0.15, 0.2) is 16.5 Å². The Morgan fingerprint density at radius 2 is 2.17 bits per heavy atom. The molecule has 1 aliphatic heterocycles. The third-order valence-electron chi connectivity index (χ3n) is 3.21. The summed E-state index contributed by atoms with van der Waals surface area (Å²) in [6.07, 6.45) is 2.20. The molecule has 1 fully saturated rings. The number of hydrogen-bond donors (Lipinski definition) is 1. The number of nitrogens with zero attached hydrogens (tertiary/aromatic N) is 1. The molecule has 1 aliphatic rings. The summed E-state index contributed by atoms with van der Waals surface area (Å²) in [6.45, 7) is 3.34. The van der Waals surface area contributed by atoms with Gasteiger partial charge in [-0.15, -0.1) is 0 Å². The van der Waals surface area contributed by atoms with E-state index in [2.05, 4.69) is 4.90 Å².